The summed E-state index contributed by atoms with van der Waals surface area (Å²) in [5, 5.41) is 11.9. The van der Waals surface area contributed by atoms with Gasteiger partial charge in [0.2, 0.25) is 10.0 Å². The number of nitrogens with zero attached hydrogens (tertiary/aromatic N) is 2. The zero-order valence-corrected chi connectivity index (χ0v) is 13.9. The maximum Gasteiger partial charge on any atom is 0.243 e. The van der Waals surface area contributed by atoms with Crippen molar-refractivity contribution in [2.75, 3.05) is 25.0 Å². The number of sulfonamides is 1. The van der Waals surface area contributed by atoms with Crippen LogP contribution in [0.5, 0.6) is 0 Å². The Balaban J connectivity index is 3.28. The summed E-state index contributed by atoms with van der Waals surface area (Å²) in [5.41, 5.74) is 2.37. The molecule has 0 atom stereocenters. The number of hydrogen-bond acceptors (Lipinski definition) is 4. The van der Waals surface area contributed by atoms with Gasteiger partial charge >= 0.3 is 0 Å². The van der Waals surface area contributed by atoms with Crippen LogP contribution in [0.25, 0.3) is 0 Å². The summed E-state index contributed by atoms with van der Waals surface area (Å²) < 4.78 is 26.9. The van der Waals surface area contributed by atoms with Crippen LogP contribution < -0.4 is 5.32 Å². The Morgan fingerprint density at radius 2 is 1.81 bits per heavy atom. The van der Waals surface area contributed by atoms with Gasteiger partial charge in [-0.15, -0.1) is 0 Å². The second kappa shape index (κ2) is 7.43. The van der Waals surface area contributed by atoms with Gasteiger partial charge in [0.05, 0.1) is 11.0 Å². The van der Waals surface area contributed by atoms with Gasteiger partial charge in [-0.05, 0) is 44.0 Å². The Morgan fingerprint density at radius 3 is 2.24 bits per heavy atom. The van der Waals surface area contributed by atoms with Gasteiger partial charge < -0.3 is 5.32 Å². The van der Waals surface area contributed by atoms with Crippen molar-refractivity contribution >= 4 is 15.7 Å². The molecule has 21 heavy (non-hydrogen) atoms. The van der Waals surface area contributed by atoms with Gasteiger partial charge in [0.25, 0.3) is 0 Å². The van der Waals surface area contributed by atoms with Crippen molar-refractivity contribution in [1.82, 2.24) is 4.31 Å². The van der Waals surface area contributed by atoms with E-state index in [9.17, 15) is 8.42 Å². The number of nitrogens with one attached hydrogen (secondary N) is 1. The summed E-state index contributed by atoms with van der Waals surface area (Å²) in [7, 11) is -3.56. The number of rotatable bonds is 7. The number of hydrogen-bond donors (Lipinski definition) is 1. The molecule has 0 bridgehead atoms. The molecule has 0 saturated heterocycles. The van der Waals surface area contributed by atoms with E-state index in [-0.39, 0.29) is 13.0 Å². The number of benzene rings is 1. The van der Waals surface area contributed by atoms with Crippen molar-refractivity contribution in [3.05, 3.63) is 23.3 Å². The zero-order valence-electron chi connectivity index (χ0n) is 13.1. The first kappa shape index (κ1) is 17.5. The van der Waals surface area contributed by atoms with Crippen molar-refractivity contribution in [3.63, 3.8) is 0 Å². The van der Waals surface area contributed by atoms with E-state index in [2.05, 4.69) is 5.32 Å². The Labute approximate surface area is 127 Å². The van der Waals surface area contributed by atoms with Crippen molar-refractivity contribution in [2.24, 2.45) is 0 Å². The molecule has 0 radical (unpaired) electrons. The SMILES string of the molecule is CCNc1cc(C)c(S(=O)(=O)N(CC)CCC#N)c(C)c1. The van der Waals surface area contributed by atoms with Crippen molar-refractivity contribution in [3.8, 4) is 6.07 Å². The number of anilines is 1. The minimum absolute atomic E-state index is 0.195. The van der Waals surface area contributed by atoms with Crippen molar-refractivity contribution < 1.29 is 8.42 Å². The quantitative estimate of drug-likeness (QED) is 0.840. The summed E-state index contributed by atoms with van der Waals surface area (Å²) >= 11 is 0. The fraction of sp³-hybridized carbons (Fsp3) is 0.533. The monoisotopic (exact) mass is 309 g/mol. The van der Waals surface area contributed by atoms with Crippen LogP contribution in [0.4, 0.5) is 5.69 Å². The third-order valence-electron chi connectivity index (χ3n) is 3.26. The lowest BCUT2D eigenvalue weighted by Gasteiger charge is -2.22. The lowest BCUT2D eigenvalue weighted by atomic mass is 10.1. The molecule has 0 amide bonds. The Morgan fingerprint density at radius 1 is 1.24 bits per heavy atom. The van der Waals surface area contributed by atoms with Crippen LogP contribution in [-0.4, -0.2) is 32.4 Å². The molecule has 6 heteroatoms. The van der Waals surface area contributed by atoms with Crippen LogP contribution in [0.2, 0.25) is 0 Å². The van der Waals surface area contributed by atoms with Crippen LogP contribution in [0.15, 0.2) is 17.0 Å². The summed E-state index contributed by atoms with van der Waals surface area (Å²) in [6.07, 6.45) is 0.195. The van der Waals surface area contributed by atoms with Crippen LogP contribution >= 0.6 is 0 Å². The molecule has 1 N–H and O–H groups in total. The molecule has 1 rings (SSSR count). The molecule has 0 aromatic heterocycles. The molecule has 0 fully saturated rings. The van der Waals surface area contributed by atoms with E-state index in [1.807, 2.05) is 25.1 Å². The molecule has 0 aliphatic rings. The van der Waals surface area contributed by atoms with Gasteiger partial charge in [-0.25, -0.2) is 8.42 Å². The highest BCUT2D eigenvalue weighted by Crippen LogP contribution is 2.27. The molecule has 0 unspecified atom stereocenters. The van der Waals surface area contributed by atoms with E-state index in [1.165, 1.54) is 4.31 Å². The molecule has 0 aliphatic carbocycles. The smallest absolute Gasteiger partial charge is 0.243 e. The van der Waals surface area contributed by atoms with Crippen LogP contribution in [0, 0.1) is 25.2 Å². The minimum atomic E-state index is -3.56. The Hall–Kier alpha value is -1.58. The summed E-state index contributed by atoms with van der Waals surface area (Å²) in [6.45, 7) is 8.76. The largest absolute Gasteiger partial charge is 0.385 e. The topological polar surface area (TPSA) is 73.2 Å². The molecular formula is C15H23N3O2S. The van der Waals surface area contributed by atoms with Gasteiger partial charge in [0, 0.05) is 31.7 Å². The standard InChI is InChI=1S/C15H23N3O2S/c1-5-17-14-10-12(3)15(13(4)11-14)21(19,20)18(6-2)9-7-8-16/h10-11,17H,5-7,9H2,1-4H3. The van der Waals surface area contributed by atoms with Crippen molar-refractivity contribution in [1.29, 1.82) is 5.26 Å². The third kappa shape index (κ3) is 3.96. The van der Waals surface area contributed by atoms with E-state index < -0.39 is 10.0 Å². The van der Waals surface area contributed by atoms with Crippen LogP contribution in [0.1, 0.15) is 31.4 Å². The molecule has 0 heterocycles. The maximum atomic E-state index is 12.8. The average Bonchev–Trinajstić information content (AvgIpc) is 2.38. The first-order chi connectivity index (χ1) is 9.88. The fourth-order valence-corrected chi connectivity index (χ4v) is 4.28. The van der Waals surface area contributed by atoms with E-state index in [4.69, 9.17) is 5.26 Å². The molecule has 5 nitrogen and oxygen atoms in total. The normalized spacial score (nSPS) is 11.4. The highest BCUT2D eigenvalue weighted by molar-refractivity contribution is 7.89. The second-order valence-corrected chi connectivity index (χ2v) is 6.75. The van der Waals surface area contributed by atoms with Gasteiger partial charge in [-0.3, -0.25) is 0 Å². The molecule has 116 valence electrons. The predicted octanol–water partition coefficient (Wildman–Crippen LogP) is 2.66. The highest BCUT2D eigenvalue weighted by Gasteiger charge is 2.26. The van der Waals surface area contributed by atoms with Gasteiger partial charge in [0.1, 0.15) is 0 Å². The van der Waals surface area contributed by atoms with Crippen LogP contribution in [-0.2, 0) is 10.0 Å². The molecule has 0 saturated carbocycles. The minimum Gasteiger partial charge on any atom is -0.385 e. The lowest BCUT2D eigenvalue weighted by Crippen LogP contribution is -2.32. The lowest BCUT2D eigenvalue weighted by molar-refractivity contribution is 0.434. The van der Waals surface area contributed by atoms with E-state index in [1.54, 1.807) is 20.8 Å². The van der Waals surface area contributed by atoms with Gasteiger partial charge in [-0.1, -0.05) is 6.92 Å². The summed E-state index contributed by atoms with van der Waals surface area (Å²) in [6, 6.07) is 5.69. The Bertz CT molecular complexity index is 610. The molecular weight excluding hydrogens is 286 g/mol. The van der Waals surface area contributed by atoms with Crippen LogP contribution in [0.3, 0.4) is 0 Å². The summed E-state index contributed by atoms with van der Waals surface area (Å²) in [5.74, 6) is 0. The highest BCUT2D eigenvalue weighted by atomic mass is 32.2. The van der Waals surface area contributed by atoms with Gasteiger partial charge in [-0.2, -0.15) is 9.57 Å². The number of nitriles is 1. The summed E-state index contributed by atoms with van der Waals surface area (Å²) in [4.78, 5) is 0.351. The zero-order chi connectivity index (χ0) is 16.0. The molecule has 1 aromatic rings. The Kier molecular flexibility index (Phi) is 6.19. The van der Waals surface area contributed by atoms with E-state index in [0.717, 1.165) is 23.4 Å². The average molecular weight is 309 g/mol. The predicted molar refractivity (Wildman–Crippen MR) is 84.7 cm³/mol. The van der Waals surface area contributed by atoms with Crippen molar-refractivity contribution in [2.45, 2.75) is 39.0 Å². The first-order valence-corrected chi connectivity index (χ1v) is 8.54. The van der Waals surface area contributed by atoms with E-state index >= 15 is 0 Å². The number of aryl methyl sites for hydroxylation is 2. The fourth-order valence-electron chi connectivity index (χ4n) is 2.42. The first-order valence-electron chi connectivity index (χ1n) is 7.10. The molecule has 0 spiro atoms. The third-order valence-corrected chi connectivity index (χ3v) is 5.55. The van der Waals surface area contributed by atoms with E-state index in [0.29, 0.717) is 11.4 Å². The maximum absolute atomic E-state index is 12.8. The molecule has 0 aliphatic heterocycles. The second-order valence-electron chi connectivity index (χ2n) is 4.87. The van der Waals surface area contributed by atoms with Gasteiger partial charge in [0.15, 0.2) is 0 Å². The molecule has 1 aromatic carbocycles.